The van der Waals surface area contributed by atoms with E-state index in [1.165, 1.54) is 37.8 Å². The highest BCUT2D eigenvalue weighted by Crippen LogP contribution is 2.39. The molecule has 0 saturated carbocycles. The van der Waals surface area contributed by atoms with Gasteiger partial charge in [-0.05, 0) is 49.0 Å². The first-order valence-electron chi connectivity index (χ1n) is 7.83. The number of halogens is 1. The summed E-state index contributed by atoms with van der Waals surface area (Å²) in [6.45, 7) is 7.40. The maximum absolute atomic E-state index is 13.0. The summed E-state index contributed by atoms with van der Waals surface area (Å²) in [4.78, 5) is 2.47. The molecule has 1 fully saturated rings. The molecule has 1 atom stereocenters. The van der Waals surface area contributed by atoms with Crippen LogP contribution in [0.5, 0.6) is 0 Å². The molecular weight excluding hydrogens is 251 g/mol. The fraction of sp³-hybridized carbons (Fsp3) is 0.647. The molecule has 0 radical (unpaired) electrons. The van der Waals surface area contributed by atoms with E-state index in [1.807, 2.05) is 12.1 Å². The number of likely N-dealkylation sites (tertiary alicyclic amines) is 1. The first-order chi connectivity index (χ1) is 9.64. The third-order valence-corrected chi connectivity index (χ3v) is 5.28. The number of rotatable bonds is 5. The van der Waals surface area contributed by atoms with Gasteiger partial charge in [0.1, 0.15) is 5.82 Å². The van der Waals surface area contributed by atoms with Gasteiger partial charge in [0, 0.05) is 12.6 Å². The Hall–Kier alpha value is -0.930. The summed E-state index contributed by atoms with van der Waals surface area (Å²) < 4.78 is 13.0. The molecule has 1 saturated heterocycles. The number of nitrogens with two attached hydrogens (primary N) is 1. The molecule has 20 heavy (non-hydrogen) atoms. The summed E-state index contributed by atoms with van der Waals surface area (Å²) in [5.41, 5.74) is 7.63. The Bertz CT molecular complexity index is 402. The largest absolute Gasteiger partial charge is 0.329 e. The predicted molar refractivity (Wildman–Crippen MR) is 82.0 cm³/mol. The SMILES string of the molecule is CCC1(CC)CCN(C(CN)c2ccc(F)cc2)CC1. The smallest absolute Gasteiger partial charge is 0.123 e. The Labute approximate surface area is 122 Å². The monoisotopic (exact) mass is 278 g/mol. The van der Waals surface area contributed by atoms with Crippen molar-refractivity contribution in [2.45, 2.75) is 45.6 Å². The van der Waals surface area contributed by atoms with E-state index in [0.29, 0.717) is 12.0 Å². The van der Waals surface area contributed by atoms with E-state index in [1.54, 1.807) is 0 Å². The molecule has 0 aromatic heterocycles. The number of benzene rings is 1. The molecule has 112 valence electrons. The van der Waals surface area contributed by atoms with Gasteiger partial charge >= 0.3 is 0 Å². The second kappa shape index (κ2) is 6.68. The standard InChI is InChI=1S/C17H27FN2/c1-3-17(4-2)9-11-20(12-10-17)16(13-19)14-5-7-15(18)8-6-14/h5-8,16H,3-4,9-13,19H2,1-2H3. The molecule has 1 aliphatic heterocycles. The van der Waals surface area contributed by atoms with Crippen molar-refractivity contribution >= 4 is 0 Å². The zero-order valence-electron chi connectivity index (χ0n) is 12.7. The number of piperidine rings is 1. The molecule has 1 aliphatic rings. The van der Waals surface area contributed by atoms with Crippen LogP contribution in [0.25, 0.3) is 0 Å². The summed E-state index contributed by atoms with van der Waals surface area (Å²) in [5.74, 6) is -0.181. The van der Waals surface area contributed by atoms with Gasteiger partial charge in [0.15, 0.2) is 0 Å². The molecule has 2 nitrogen and oxygen atoms in total. The average molecular weight is 278 g/mol. The van der Waals surface area contributed by atoms with Crippen molar-refractivity contribution in [1.82, 2.24) is 4.90 Å². The quantitative estimate of drug-likeness (QED) is 0.889. The van der Waals surface area contributed by atoms with Gasteiger partial charge in [-0.2, -0.15) is 0 Å². The first kappa shape index (κ1) is 15.5. The minimum Gasteiger partial charge on any atom is -0.329 e. The Morgan fingerprint density at radius 3 is 2.15 bits per heavy atom. The maximum Gasteiger partial charge on any atom is 0.123 e. The molecule has 2 rings (SSSR count). The normalized spacial score (nSPS) is 20.8. The van der Waals surface area contributed by atoms with E-state index in [9.17, 15) is 4.39 Å². The van der Waals surface area contributed by atoms with Crippen molar-refractivity contribution < 1.29 is 4.39 Å². The fourth-order valence-corrected chi connectivity index (χ4v) is 3.45. The van der Waals surface area contributed by atoms with Crippen molar-refractivity contribution in [2.75, 3.05) is 19.6 Å². The summed E-state index contributed by atoms with van der Waals surface area (Å²) in [5, 5.41) is 0. The molecule has 1 aromatic carbocycles. The summed E-state index contributed by atoms with van der Waals surface area (Å²) >= 11 is 0. The minimum absolute atomic E-state index is 0.181. The molecule has 1 heterocycles. The Morgan fingerprint density at radius 2 is 1.70 bits per heavy atom. The van der Waals surface area contributed by atoms with Gasteiger partial charge in [0.2, 0.25) is 0 Å². The number of hydrogen-bond acceptors (Lipinski definition) is 2. The molecule has 0 bridgehead atoms. The van der Waals surface area contributed by atoms with Crippen LogP contribution in [0.4, 0.5) is 4.39 Å². The second-order valence-electron chi connectivity index (χ2n) is 6.05. The lowest BCUT2D eigenvalue weighted by atomic mass is 9.74. The third kappa shape index (κ3) is 3.21. The van der Waals surface area contributed by atoms with Crippen LogP contribution in [-0.2, 0) is 0 Å². The number of hydrogen-bond donors (Lipinski definition) is 1. The van der Waals surface area contributed by atoms with E-state index in [-0.39, 0.29) is 11.9 Å². The van der Waals surface area contributed by atoms with Gasteiger partial charge in [-0.15, -0.1) is 0 Å². The molecule has 0 spiro atoms. The Morgan fingerprint density at radius 1 is 1.15 bits per heavy atom. The van der Waals surface area contributed by atoms with Crippen LogP contribution in [0.2, 0.25) is 0 Å². The summed E-state index contributed by atoms with van der Waals surface area (Å²) in [7, 11) is 0. The lowest BCUT2D eigenvalue weighted by Crippen LogP contribution is -2.43. The molecular formula is C17H27FN2. The minimum atomic E-state index is -0.181. The predicted octanol–water partition coefficient (Wildman–Crippen LogP) is 3.73. The van der Waals surface area contributed by atoms with Crippen molar-refractivity contribution in [2.24, 2.45) is 11.1 Å². The van der Waals surface area contributed by atoms with Gasteiger partial charge in [-0.1, -0.05) is 38.8 Å². The van der Waals surface area contributed by atoms with Crippen molar-refractivity contribution in [3.63, 3.8) is 0 Å². The van der Waals surface area contributed by atoms with Gasteiger partial charge in [0.25, 0.3) is 0 Å². The number of nitrogens with zero attached hydrogens (tertiary/aromatic N) is 1. The van der Waals surface area contributed by atoms with Gasteiger partial charge in [-0.25, -0.2) is 4.39 Å². The lowest BCUT2D eigenvalue weighted by molar-refractivity contribution is 0.0679. The Balaban J connectivity index is 2.05. The Kier molecular flexibility index (Phi) is 5.17. The van der Waals surface area contributed by atoms with Crippen LogP contribution in [-0.4, -0.2) is 24.5 Å². The topological polar surface area (TPSA) is 29.3 Å². The highest BCUT2D eigenvalue weighted by atomic mass is 19.1. The molecule has 1 aromatic rings. The lowest BCUT2D eigenvalue weighted by Gasteiger charge is -2.44. The van der Waals surface area contributed by atoms with Crippen LogP contribution in [0.3, 0.4) is 0 Å². The van der Waals surface area contributed by atoms with E-state index in [2.05, 4.69) is 18.7 Å². The van der Waals surface area contributed by atoms with Gasteiger partial charge < -0.3 is 5.73 Å². The van der Waals surface area contributed by atoms with E-state index >= 15 is 0 Å². The fourth-order valence-electron chi connectivity index (χ4n) is 3.45. The summed E-state index contributed by atoms with van der Waals surface area (Å²) in [6.07, 6.45) is 5.03. The molecule has 3 heteroatoms. The molecule has 0 amide bonds. The van der Waals surface area contributed by atoms with E-state index in [0.717, 1.165) is 18.7 Å². The van der Waals surface area contributed by atoms with Crippen LogP contribution < -0.4 is 5.73 Å². The zero-order chi connectivity index (χ0) is 14.6. The highest BCUT2D eigenvalue weighted by Gasteiger charge is 2.33. The van der Waals surface area contributed by atoms with Crippen LogP contribution in [0.15, 0.2) is 24.3 Å². The summed E-state index contributed by atoms with van der Waals surface area (Å²) in [6, 6.07) is 7.03. The van der Waals surface area contributed by atoms with E-state index in [4.69, 9.17) is 5.73 Å². The van der Waals surface area contributed by atoms with Gasteiger partial charge in [-0.3, -0.25) is 4.90 Å². The van der Waals surface area contributed by atoms with Crippen LogP contribution in [0, 0.1) is 11.2 Å². The van der Waals surface area contributed by atoms with Crippen molar-refractivity contribution in [3.8, 4) is 0 Å². The van der Waals surface area contributed by atoms with Crippen LogP contribution >= 0.6 is 0 Å². The highest BCUT2D eigenvalue weighted by molar-refractivity contribution is 5.20. The zero-order valence-corrected chi connectivity index (χ0v) is 12.7. The van der Waals surface area contributed by atoms with Crippen molar-refractivity contribution in [3.05, 3.63) is 35.6 Å². The molecule has 2 N–H and O–H groups in total. The molecule has 1 unspecified atom stereocenters. The van der Waals surface area contributed by atoms with Gasteiger partial charge in [0.05, 0.1) is 0 Å². The van der Waals surface area contributed by atoms with Crippen LogP contribution in [0.1, 0.15) is 51.1 Å². The second-order valence-corrected chi connectivity index (χ2v) is 6.05. The molecule has 0 aliphatic carbocycles. The average Bonchev–Trinajstić information content (AvgIpc) is 2.51. The first-order valence-corrected chi connectivity index (χ1v) is 7.83. The maximum atomic E-state index is 13.0. The third-order valence-electron chi connectivity index (χ3n) is 5.28. The van der Waals surface area contributed by atoms with Crippen molar-refractivity contribution in [1.29, 1.82) is 0 Å². The van der Waals surface area contributed by atoms with E-state index < -0.39 is 0 Å².